The summed E-state index contributed by atoms with van der Waals surface area (Å²) in [5.41, 5.74) is 2.40. The zero-order valence-electron chi connectivity index (χ0n) is 9.26. The number of benzene rings is 1. The molecule has 5 heteroatoms. The van der Waals surface area contributed by atoms with Crippen LogP contribution in [-0.4, -0.2) is 25.8 Å². The lowest BCUT2D eigenvalue weighted by atomic mass is 9.98. The molecule has 1 atom stereocenters. The first-order valence-corrected chi connectivity index (χ1v) is 6.81. The first-order chi connectivity index (χ1) is 7.47. The highest BCUT2D eigenvalue weighted by molar-refractivity contribution is 7.86. The molecule has 1 aliphatic heterocycles. The highest BCUT2D eigenvalue weighted by Gasteiger charge is 2.29. The van der Waals surface area contributed by atoms with Gasteiger partial charge in [0.05, 0.1) is 0 Å². The van der Waals surface area contributed by atoms with Crippen LogP contribution < -0.4 is 5.14 Å². The Kier molecular flexibility index (Phi) is 3.01. The van der Waals surface area contributed by atoms with Gasteiger partial charge in [-0.1, -0.05) is 29.8 Å². The van der Waals surface area contributed by atoms with Gasteiger partial charge in [-0.25, -0.2) is 5.14 Å². The minimum Gasteiger partial charge on any atom is -0.216 e. The number of rotatable bonds is 2. The lowest BCUT2D eigenvalue weighted by Crippen LogP contribution is -2.34. The van der Waals surface area contributed by atoms with E-state index in [1.807, 2.05) is 6.92 Å². The van der Waals surface area contributed by atoms with E-state index in [9.17, 15) is 8.42 Å². The Balaban J connectivity index is 2.12. The van der Waals surface area contributed by atoms with Gasteiger partial charge in [0.2, 0.25) is 0 Å². The molecule has 0 spiro atoms. The number of hydrogen-bond donors (Lipinski definition) is 1. The average molecular weight is 240 g/mol. The maximum Gasteiger partial charge on any atom is 0.276 e. The van der Waals surface area contributed by atoms with Gasteiger partial charge in [-0.3, -0.25) is 0 Å². The average Bonchev–Trinajstić information content (AvgIpc) is 2.67. The number of hydrogen-bond acceptors (Lipinski definition) is 2. The Labute approximate surface area is 96.2 Å². The second-order valence-corrected chi connectivity index (χ2v) is 5.85. The molecule has 88 valence electrons. The zero-order chi connectivity index (χ0) is 11.8. The van der Waals surface area contributed by atoms with E-state index < -0.39 is 10.2 Å². The highest BCUT2D eigenvalue weighted by Crippen LogP contribution is 2.28. The third kappa shape index (κ3) is 2.42. The molecule has 1 aromatic rings. The van der Waals surface area contributed by atoms with Crippen LogP contribution >= 0.6 is 0 Å². The van der Waals surface area contributed by atoms with Crippen LogP contribution in [0.2, 0.25) is 0 Å². The predicted molar refractivity (Wildman–Crippen MR) is 63.2 cm³/mol. The molecular weight excluding hydrogens is 224 g/mol. The summed E-state index contributed by atoms with van der Waals surface area (Å²) in [5.74, 6) is 0.277. The van der Waals surface area contributed by atoms with Crippen LogP contribution in [0.5, 0.6) is 0 Å². The van der Waals surface area contributed by atoms with E-state index in [4.69, 9.17) is 5.14 Å². The third-order valence-electron chi connectivity index (χ3n) is 3.06. The Hall–Kier alpha value is -0.910. The monoisotopic (exact) mass is 240 g/mol. The molecular formula is C11H16N2O2S. The number of nitrogens with zero attached hydrogens (tertiary/aromatic N) is 1. The largest absolute Gasteiger partial charge is 0.276 e. The van der Waals surface area contributed by atoms with E-state index in [0.29, 0.717) is 13.1 Å². The van der Waals surface area contributed by atoms with E-state index in [1.54, 1.807) is 0 Å². The minimum absolute atomic E-state index is 0.277. The van der Waals surface area contributed by atoms with Crippen molar-refractivity contribution in [3.63, 3.8) is 0 Å². The highest BCUT2D eigenvalue weighted by atomic mass is 32.2. The van der Waals surface area contributed by atoms with Crippen LogP contribution in [0.3, 0.4) is 0 Å². The summed E-state index contributed by atoms with van der Waals surface area (Å²) >= 11 is 0. The van der Waals surface area contributed by atoms with Gasteiger partial charge >= 0.3 is 0 Å². The molecule has 1 aromatic carbocycles. The SMILES string of the molecule is Cc1ccc([C@H]2CCN(S(N)(=O)=O)C2)cc1. The second kappa shape index (κ2) is 4.16. The summed E-state index contributed by atoms with van der Waals surface area (Å²) in [5, 5.41) is 5.10. The summed E-state index contributed by atoms with van der Waals surface area (Å²) in [6.45, 7) is 3.06. The molecule has 0 saturated carbocycles. The Morgan fingerprint density at radius 1 is 1.31 bits per heavy atom. The smallest absolute Gasteiger partial charge is 0.216 e. The van der Waals surface area contributed by atoms with Crippen LogP contribution in [0.4, 0.5) is 0 Å². The van der Waals surface area contributed by atoms with E-state index >= 15 is 0 Å². The van der Waals surface area contributed by atoms with Crippen LogP contribution in [0.15, 0.2) is 24.3 Å². The maximum atomic E-state index is 11.2. The molecule has 0 radical (unpaired) electrons. The number of aryl methyl sites for hydroxylation is 1. The van der Waals surface area contributed by atoms with Gasteiger partial charge in [0, 0.05) is 13.1 Å². The molecule has 0 amide bonds. The van der Waals surface area contributed by atoms with Crippen LogP contribution in [-0.2, 0) is 10.2 Å². The summed E-state index contributed by atoms with van der Waals surface area (Å²) in [7, 11) is -3.52. The summed E-state index contributed by atoms with van der Waals surface area (Å²) in [6, 6.07) is 8.23. The maximum absolute atomic E-state index is 11.2. The molecule has 0 bridgehead atoms. The van der Waals surface area contributed by atoms with Gasteiger partial charge in [0.25, 0.3) is 10.2 Å². The summed E-state index contributed by atoms with van der Waals surface area (Å²) in [6.07, 6.45) is 0.847. The molecule has 0 aliphatic carbocycles. The van der Waals surface area contributed by atoms with Crippen LogP contribution in [0.25, 0.3) is 0 Å². The Bertz CT molecular complexity index is 467. The first-order valence-electron chi connectivity index (χ1n) is 5.31. The van der Waals surface area contributed by atoms with Crippen molar-refractivity contribution >= 4 is 10.2 Å². The van der Waals surface area contributed by atoms with Crippen molar-refractivity contribution in [3.05, 3.63) is 35.4 Å². The van der Waals surface area contributed by atoms with E-state index in [2.05, 4.69) is 24.3 Å². The van der Waals surface area contributed by atoms with Gasteiger partial charge in [-0.15, -0.1) is 0 Å². The quantitative estimate of drug-likeness (QED) is 0.837. The molecule has 4 nitrogen and oxygen atoms in total. The van der Waals surface area contributed by atoms with E-state index in [0.717, 1.165) is 6.42 Å². The predicted octanol–water partition coefficient (Wildman–Crippen LogP) is 0.988. The van der Waals surface area contributed by atoms with Gasteiger partial charge < -0.3 is 0 Å². The Morgan fingerprint density at radius 3 is 2.44 bits per heavy atom. The molecule has 1 heterocycles. The van der Waals surface area contributed by atoms with Crippen LogP contribution in [0, 0.1) is 6.92 Å². The molecule has 1 fully saturated rings. The third-order valence-corrected chi connectivity index (χ3v) is 4.11. The van der Waals surface area contributed by atoms with Gasteiger partial charge in [-0.05, 0) is 24.8 Å². The van der Waals surface area contributed by atoms with Crippen molar-refractivity contribution in [3.8, 4) is 0 Å². The van der Waals surface area contributed by atoms with Gasteiger partial charge in [0.1, 0.15) is 0 Å². The molecule has 2 rings (SSSR count). The Morgan fingerprint density at radius 2 is 1.94 bits per heavy atom. The molecule has 1 saturated heterocycles. The first kappa shape index (κ1) is 11.6. The molecule has 16 heavy (non-hydrogen) atoms. The van der Waals surface area contributed by atoms with Crippen molar-refractivity contribution in [2.75, 3.05) is 13.1 Å². The lowest BCUT2D eigenvalue weighted by Gasteiger charge is -2.13. The number of nitrogens with two attached hydrogens (primary N) is 1. The molecule has 0 aromatic heterocycles. The van der Waals surface area contributed by atoms with E-state index in [-0.39, 0.29) is 5.92 Å². The standard InChI is InChI=1S/C11H16N2O2S/c1-9-2-4-10(5-3-9)11-6-7-13(8-11)16(12,14)15/h2-5,11H,6-8H2,1H3,(H2,12,14,15)/t11-/m0/s1. The van der Waals surface area contributed by atoms with Crippen molar-refractivity contribution in [1.82, 2.24) is 4.31 Å². The zero-order valence-corrected chi connectivity index (χ0v) is 10.1. The fourth-order valence-corrected chi connectivity index (χ4v) is 2.82. The van der Waals surface area contributed by atoms with Gasteiger partial charge in [0.15, 0.2) is 0 Å². The molecule has 0 unspecified atom stereocenters. The molecule has 2 N–H and O–H groups in total. The van der Waals surface area contributed by atoms with E-state index in [1.165, 1.54) is 15.4 Å². The summed E-state index contributed by atoms with van der Waals surface area (Å²) in [4.78, 5) is 0. The lowest BCUT2D eigenvalue weighted by molar-refractivity contribution is 0.474. The fraction of sp³-hybridized carbons (Fsp3) is 0.455. The van der Waals surface area contributed by atoms with Crippen molar-refractivity contribution in [1.29, 1.82) is 0 Å². The van der Waals surface area contributed by atoms with Gasteiger partial charge in [-0.2, -0.15) is 12.7 Å². The van der Waals surface area contributed by atoms with Crippen LogP contribution in [0.1, 0.15) is 23.5 Å². The van der Waals surface area contributed by atoms with Crippen molar-refractivity contribution in [2.45, 2.75) is 19.3 Å². The topological polar surface area (TPSA) is 63.4 Å². The second-order valence-electron chi connectivity index (χ2n) is 4.30. The fourth-order valence-electron chi connectivity index (χ4n) is 2.07. The normalized spacial score (nSPS) is 22.5. The van der Waals surface area contributed by atoms with Crippen molar-refractivity contribution in [2.24, 2.45) is 5.14 Å². The summed E-state index contributed by atoms with van der Waals surface area (Å²) < 4.78 is 23.7. The van der Waals surface area contributed by atoms with Crippen molar-refractivity contribution < 1.29 is 8.42 Å². The molecule has 1 aliphatic rings. The minimum atomic E-state index is -3.52.